The highest BCUT2D eigenvalue weighted by molar-refractivity contribution is 5.95. The minimum atomic E-state index is 0.0445. The van der Waals surface area contributed by atoms with Gasteiger partial charge in [0.2, 0.25) is 5.91 Å². The Bertz CT molecular complexity index is 847. The second kappa shape index (κ2) is 9.73. The number of imidazole rings is 1. The second-order valence-corrected chi connectivity index (χ2v) is 8.21. The fourth-order valence-electron chi connectivity index (χ4n) is 4.35. The summed E-state index contributed by atoms with van der Waals surface area (Å²) < 4.78 is 1.94. The monoisotopic (exact) mass is 410 g/mol. The normalized spacial score (nSPS) is 19.1. The summed E-state index contributed by atoms with van der Waals surface area (Å²) in [7, 11) is 0. The lowest BCUT2D eigenvalue weighted by Gasteiger charge is -2.32. The molecule has 0 spiro atoms. The molecule has 0 bridgehead atoms. The van der Waals surface area contributed by atoms with Gasteiger partial charge in [0.15, 0.2) is 0 Å². The highest BCUT2D eigenvalue weighted by Gasteiger charge is 2.26. The van der Waals surface area contributed by atoms with Crippen LogP contribution in [0.15, 0.2) is 37.1 Å². The van der Waals surface area contributed by atoms with Gasteiger partial charge < -0.3 is 19.7 Å². The molecule has 4 rings (SSSR count). The molecule has 2 fully saturated rings. The van der Waals surface area contributed by atoms with Crippen molar-refractivity contribution in [3.63, 3.8) is 0 Å². The van der Waals surface area contributed by atoms with Crippen LogP contribution in [0.25, 0.3) is 0 Å². The number of anilines is 1. The standard InChI is InChI=1S/C22H30N6O2/c29-21(25-8-13-26-12-7-23-17-26)14-18-4-3-11-28(16-18)22(30)19-5-6-24-20(15-19)27-9-1-2-10-27/h5-7,12,15,17-18H,1-4,8-11,13-14,16H2,(H,25,29)/t18-/m1/s1. The van der Waals surface area contributed by atoms with Crippen molar-refractivity contribution >= 4 is 17.6 Å². The molecule has 0 unspecified atom stereocenters. The van der Waals surface area contributed by atoms with Gasteiger partial charge in [0.25, 0.3) is 5.91 Å². The Morgan fingerprint density at radius 1 is 1.13 bits per heavy atom. The van der Waals surface area contributed by atoms with E-state index in [0.29, 0.717) is 31.6 Å². The number of nitrogens with zero attached hydrogens (tertiary/aromatic N) is 5. The Kier molecular flexibility index (Phi) is 6.61. The Hall–Kier alpha value is -2.90. The molecular formula is C22H30N6O2. The predicted octanol–water partition coefficient (Wildman–Crippen LogP) is 1.94. The minimum Gasteiger partial charge on any atom is -0.357 e. The zero-order chi connectivity index (χ0) is 20.8. The predicted molar refractivity (Wildman–Crippen MR) is 114 cm³/mol. The van der Waals surface area contributed by atoms with E-state index >= 15 is 0 Å². The van der Waals surface area contributed by atoms with Crippen molar-refractivity contribution in [1.82, 2.24) is 24.8 Å². The Labute approximate surface area is 177 Å². The Morgan fingerprint density at radius 3 is 2.80 bits per heavy atom. The van der Waals surface area contributed by atoms with Crippen molar-refractivity contribution in [2.75, 3.05) is 37.6 Å². The number of piperidine rings is 1. The van der Waals surface area contributed by atoms with Gasteiger partial charge in [-0.3, -0.25) is 9.59 Å². The number of likely N-dealkylation sites (tertiary alicyclic amines) is 1. The molecule has 4 heterocycles. The number of carbonyl (C=O) groups excluding carboxylic acids is 2. The summed E-state index contributed by atoms with van der Waals surface area (Å²) in [6.45, 7) is 4.69. The van der Waals surface area contributed by atoms with Gasteiger partial charge in [0.05, 0.1) is 6.33 Å². The van der Waals surface area contributed by atoms with Crippen molar-refractivity contribution in [1.29, 1.82) is 0 Å². The van der Waals surface area contributed by atoms with Crippen LogP contribution in [0.5, 0.6) is 0 Å². The molecule has 2 saturated heterocycles. The average molecular weight is 411 g/mol. The van der Waals surface area contributed by atoms with Crippen molar-refractivity contribution in [2.45, 2.75) is 38.6 Å². The highest BCUT2D eigenvalue weighted by Crippen LogP contribution is 2.23. The van der Waals surface area contributed by atoms with E-state index in [4.69, 9.17) is 0 Å². The number of nitrogens with one attached hydrogen (secondary N) is 1. The first-order chi connectivity index (χ1) is 14.7. The molecule has 1 N–H and O–H groups in total. The molecule has 0 radical (unpaired) electrons. The largest absolute Gasteiger partial charge is 0.357 e. The molecule has 2 aromatic rings. The SMILES string of the molecule is O=C(C[C@H]1CCCN(C(=O)c2ccnc(N3CCCC3)c2)C1)NCCn1ccnc1. The lowest BCUT2D eigenvalue weighted by molar-refractivity contribution is -0.122. The zero-order valence-electron chi connectivity index (χ0n) is 17.4. The van der Waals surface area contributed by atoms with Gasteiger partial charge in [0.1, 0.15) is 5.82 Å². The van der Waals surface area contributed by atoms with Gasteiger partial charge in [-0.15, -0.1) is 0 Å². The number of hydrogen-bond donors (Lipinski definition) is 1. The van der Waals surface area contributed by atoms with Crippen molar-refractivity contribution in [3.05, 3.63) is 42.6 Å². The summed E-state index contributed by atoms with van der Waals surface area (Å²) in [5.41, 5.74) is 0.692. The summed E-state index contributed by atoms with van der Waals surface area (Å²) in [6, 6.07) is 3.72. The van der Waals surface area contributed by atoms with E-state index in [0.717, 1.165) is 38.3 Å². The van der Waals surface area contributed by atoms with Crippen LogP contribution < -0.4 is 10.2 Å². The Morgan fingerprint density at radius 2 is 2.00 bits per heavy atom. The molecule has 0 aromatic carbocycles. The van der Waals surface area contributed by atoms with Gasteiger partial charge in [-0.05, 0) is 43.7 Å². The first-order valence-electron chi connectivity index (χ1n) is 10.9. The van der Waals surface area contributed by atoms with Crippen LogP contribution in [0.2, 0.25) is 0 Å². The molecule has 1 atom stereocenters. The molecule has 2 aromatic heterocycles. The van der Waals surface area contributed by atoms with E-state index in [1.165, 1.54) is 12.8 Å². The van der Waals surface area contributed by atoms with E-state index in [9.17, 15) is 9.59 Å². The molecule has 8 nitrogen and oxygen atoms in total. The molecule has 8 heteroatoms. The third-order valence-corrected chi connectivity index (χ3v) is 5.95. The molecule has 160 valence electrons. The second-order valence-electron chi connectivity index (χ2n) is 8.21. The summed E-state index contributed by atoms with van der Waals surface area (Å²) in [6.07, 6.45) is 11.8. The first kappa shape index (κ1) is 20.4. The van der Waals surface area contributed by atoms with Crippen molar-refractivity contribution < 1.29 is 9.59 Å². The van der Waals surface area contributed by atoms with Crippen molar-refractivity contribution in [3.8, 4) is 0 Å². The molecule has 2 aliphatic rings. The van der Waals surface area contributed by atoms with Gasteiger partial charge in [-0.25, -0.2) is 9.97 Å². The molecule has 2 amide bonds. The quantitative estimate of drug-likeness (QED) is 0.754. The maximum absolute atomic E-state index is 13.1. The van der Waals surface area contributed by atoms with E-state index in [1.807, 2.05) is 21.7 Å². The lowest BCUT2D eigenvalue weighted by Crippen LogP contribution is -2.41. The topological polar surface area (TPSA) is 83.4 Å². The molecule has 2 aliphatic heterocycles. The third-order valence-electron chi connectivity index (χ3n) is 5.95. The number of pyridine rings is 1. The van der Waals surface area contributed by atoms with E-state index in [-0.39, 0.29) is 17.7 Å². The van der Waals surface area contributed by atoms with E-state index < -0.39 is 0 Å². The average Bonchev–Trinajstić information content (AvgIpc) is 3.48. The zero-order valence-corrected chi connectivity index (χ0v) is 17.4. The molecule has 30 heavy (non-hydrogen) atoms. The van der Waals surface area contributed by atoms with Crippen LogP contribution in [0.3, 0.4) is 0 Å². The number of amides is 2. The maximum atomic E-state index is 13.1. The van der Waals surface area contributed by atoms with E-state index in [2.05, 4.69) is 20.2 Å². The summed E-state index contributed by atoms with van der Waals surface area (Å²) >= 11 is 0. The van der Waals surface area contributed by atoms with Crippen LogP contribution >= 0.6 is 0 Å². The Balaban J connectivity index is 1.28. The smallest absolute Gasteiger partial charge is 0.254 e. The van der Waals surface area contributed by atoms with Gasteiger partial charge in [-0.2, -0.15) is 0 Å². The van der Waals surface area contributed by atoms with Crippen LogP contribution in [0, 0.1) is 5.92 Å². The first-order valence-corrected chi connectivity index (χ1v) is 10.9. The third kappa shape index (κ3) is 5.17. The molecule has 0 aliphatic carbocycles. The number of carbonyl (C=O) groups is 2. The fraction of sp³-hybridized carbons (Fsp3) is 0.545. The van der Waals surface area contributed by atoms with Crippen LogP contribution in [-0.2, 0) is 11.3 Å². The van der Waals surface area contributed by atoms with Gasteiger partial charge in [-0.1, -0.05) is 0 Å². The summed E-state index contributed by atoms with van der Waals surface area (Å²) in [5, 5.41) is 2.98. The maximum Gasteiger partial charge on any atom is 0.254 e. The minimum absolute atomic E-state index is 0.0445. The molecule has 0 saturated carbocycles. The summed E-state index contributed by atoms with van der Waals surface area (Å²) in [5.74, 6) is 1.19. The lowest BCUT2D eigenvalue weighted by atomic mass is 9.94. The van der Waals surface area contributed by atoms with Gasteiger partial charge >= 0.3 is 0 Å². The summed E-state index contributed by atoms with van der Waals surface area (Å²) in [4.78, 5) is 38.0. The van der Waals surface area contributed by atoms with Crippen LogP contribution in [0.1, 0.15) is 42.5 Å². The van der Waals surface area contributed by atoms with Gasteiger partial charge in [0, 0.05) is 69.8 Å². The number of hydrogen-bond acceptors (Lipinski definition) is 5. The molecular weight excluding hydrogens is 380 g/mol. The fourth-order valence-corrected chi connectivity index (χ4v) is 4.35. The van der Waals surface area contributed by atoms with Crippen LogP contribution in [0.4, 0.5) is 5.82 Å². The highest BCUT2D eigenvalue weighted by atomic mass is 16.2. The number of rotatable bonds is 7. The number of aromatic nitrogens is 3. The van der Waals surface area contributed by atoms with Crippen LogP contribution in [-0.4, -0.2) is 64.0 Å². The van der Waals surface area contributed by atoms with E-state index in [1.54, 1.807) is 24.8 Å². The van der Waals surface area contributed by atoms with Crippen molar-refractivity contribution in [2.24, 2.45) is 5.92 Å².